The summed E-state index contributed by atoms with van der Waals surface area (Å²) in [5, 5.41) is 11.8. The first-order valence-electron chi connectivity index (χ1n) is 12.6. The maximum absolute atomic E-state index is 15.1. The number of benzene rings is 2. The number of ether oxygens (including phenoxy) is 1. The summed E-state index contributed by atoms with van der Waals surface area (Å²) in [5.74, 6) is -1.14. The average Bonchev–Trinajstić information content (AvgIpc) is 3.39. The van der Waals surface area contributed by atoms with E-state index in [1.807, 2.05) is 32.0 Å². The molecule has 7 nitrogen and oxygen atoms in total. The number of rotatable bonds is 6. The fourth-order valence-corrected chi connectivity index (χ4v) is 5.85. The van der Waals surface area contributed by atoms with E-state index >= 15 is 4.39 Å². The van der Waals surface area contributed by atoms with E-state index in [9.17, 15) is 14.4 Å². The van der Waals surface area contributed by atoms with Crippen LogP contribution in [-0.4, -0.2) is 40.9 Å². The van der Waals surface area contributed by atoms with Gasteiger partial charge in [-0.05, 0) is 83.2 Å². The van der Waals surface area contributed by atoms with Gasteiger partial charge in [0.25, 0.3) is 5.91 Å². The van der Waals surface area contributed by atoms with Crippen LogP contribution in [0.4, 0.5) is 10.1 Å². The number of carbonyl (C=O) groups excluding carboxylic acids is 2. The van der Waals surface area contributed by atoms with E-state index in [1.54, 1.807) is 0 Å². The van der Waals surface area contributed by atoms with Gasteiger partial charge in [-0.25, -0.2) is 4.39 Å². The number of hydrogen-bond donors (Lipinski definition) is 2. The molecule has 8 heteroatoms. The standard InChI is InChI=1S/C28H31FN2O5/c1-28(2)9-6-18-12-19(15-21(29)25(18)28)30-27(35)26-20-13-17-8-11-36-22(17)14-16(20)7-10-31(26)23(32)4-3-5-24(33)34/h12-15,26H,3-11H2,1-2H3,(H,30,35)(H,33,34)/t26-/m1/s1. The molecule has 0 fully saturated rings. The highest BCUT2D eigenvalue weighted by Gasteiger charge is 2.38. The largest absolute Gasteiger partial charge is 0.493 e. The van der Waals surface area contributed by atoms with Crippen molar-refractivity contribution >= 4 is 23.5 Å². The average molecular weight is 495 g/mol. The monoisotopic (exact) mass is 494 g/mol. The number of amides is 2. The van der Waals surface area contributed by atoms with E-state index in [0.29, 0.717) is 30.8 Å². The van der Waals surface area contributed by atoms with Gasteiger partial charge >= 0.3 is 5.97 Å². The summed E-state index contributed by atoms with van der Waals surface area (Å²) < 4.78 is 20.8. The van der Waals surface area contributed by atoms with E-state index in [-0.39, 0.29) is 36.4 Å². The molecule has 0 aromatic heterocycles. The van der Waals surface area contributed by atoms with Crippen molar-refractivity contribution in [3.63, 3.8) is 0 Å². The van der Waals surface area contributed by atoms with Crippen LogP contribution in [0.1, 0.15) is 73.4 Å². The summed E-state index contributed by atoms with van der Waals surface area (Å²) in [7, 11) is 0. The molecule has 0 spiro atoms. The van der Waals surface area contributed by atoms with Crippen LogP contribution in [-0.2, 0) is 39.1 Å². The Hall–Kier alpha value is -3.42. The van der Waals surface area contributed by atoms with Crippen LogP contribution in [0.15, 0.2) is 24.3 Å². The molecule has 0 radical (unpaired) electrons. The molecule has 3 aliphatic rings. The highest BCUT2D eigenvalue weighted by Crippen LogP contribution is 2.42. The quantitative estimate of drug-likeness (QED) is 0.624. The van der Waals surface area contributed by atoms with E-state index < -0.39 is 17.9 Å². The molecule has 190 valence electrons. The van der Waals surface area contributed by atoms with Crippen LogP contribution in [0.3, 0.4) is 0 Å². The van der Waals surface area contributed by atoms with Gasteiger partial charge in [-0.2, -0.15) is 0 Å². The van der Waals surface area contributed by atoms with Crippen molar-refractivity contribution in [1.29, 1.82) is 0 Å². The normalized spacial score (nSPS) is 19.2. The highest BCUT2D eigenvalue weighted by molar-refractivity contribution is 5.98. The van der Waals surface area contributed by atoms with Crippen LogP contribution < -0.4 is 10.1 Å². The Labute approximate surface area is 209 Å². The van der Waals surface area contributed by atoms with E-state index in [2.05, 4.69) is 5.32 Å². The fourth-order valence-electron chi connectivity index (χ4n) is 5.85. The molecule has 36 heavy (non-hydrogen) atoms. The van der Waals surface area contributed by atoms with Crippen molar-refractivity contribution in [2.75, 3.05) is 18.5 Å². The number of hydrogen-bond acceptors (Lipinski definition) is 4. The highest BCUT2D eigenvalue weighted by atomic mass is 19.1. The van der Waals surface area contributed by atoms with Crippen molar-refractivity contribution in [3.8, 4) is 5.75 Å². The summed E-state index contributed by atoms with van der Waals surface area (Å²) in [4.78, 5) is 39.3. The summed E-state index contributed by atoms with van der Waals surface area (Å²) in [6.45, 7) is 4.96. The SMILES string of the molecule is CC1(C)CCc2cc(NC(=O)[C@H]3c4cc5c(cc4CCN3C(=O)CCCC(=O)O)OCC5)cc(F)c21. The Morgan fingerprint density at radius 1 is 1.08 bits per heavy atom. The predicted octanol–water partition coefficient (Wildman–Crippen LogP) is 4.30. The van der Waals surface area contributed by atoms with E-state index in [1.165, 1.54) is 11.0 Å². The third-order valence-electron chi connectivity index (χ3n) is 7.67. The topological polar surface area (TPSA) is 95.9 Å². The molecular weight excluding hydrogens is 463 g/mol. The molecule has 0 saturated carbocycles. The van der Waals surface area contributed by atoms with Gasteiger partial charge in [0, 0.05) is 31.5 Å². The second-order valence-electron chi connectivity index (χ2n) is 10.6. The Kier molecular flexibility index (Phi) is 6.22. The Morgan fingerprint density at radius 2 is 1.89 bits per heavy atom. The zero-order valence-electron chi connectivity index (χ0n) is 20.7. The van der Waals surface area contributed by atoms with Gasteiger partial charge in [-0.15, -0.1) is 0 Å². The van der Waals surface area contributed by atoms with Crippen molar-refractivity contribution in [3.05, 3.63) is 57.9 Å². The lowest BCUT2D eigenvalue weighted by molar-refractivity contribution is -0.140. The minimum atomic E-state index is -0.960. The number of carboxylic acid groups (broad SMARTS) is 1. The van der Waals surface area contributed by atoms with Crippen LogP contribution in [0.25, 0.3) is 0 Å². The smallest absolute Gasteiger partial charge is 0.303 e. The van der Waals surface area contributed by atoms with Gasteiger partial charge < -0.3 is 20.1 Å². The lowest BCUT2D eigenvalue weighted by Crippen LogP contribution is -2.45. The fraction of sp³-hybridized carbons (Fsp3) is 0.464. The molecule has 5 rings (SSSR count). The minimum absolute atomic E-state index is 0.0437. The third kappa shape index (κ3) is 4.45. The maximum Gasteiger partial charge on any atom is 0.303 e. The van der Waals surface area contributed by atoms with Crippen molar-refractivity contribution < 1.29 is 28.6 Å². The molecule has 2 aromatic rings. The Morgan fingerprint density at radius 3 is 2.67 bits per heavy atom. The Bertz CT molecular complexity index is 1250. The zero-order chi connectivity index (χ0) is 25.6. The van der Waals surface area contributed by atoms with E-state index in [4.69, 9.17) is 9.84 Å². The number of carbonyl (C=O) groups is 3. The number of carboxylic acids is 1. The van der Waals surface area contributed by atoms with Crippen molar-refractivity contribution in [1.82, 2.24) is 4.90 Å². The molecular formula is C28H31FN2O5. The summed E-state index contributed by atoms with van der Waals surface area (Å²) >= 11 is 0. The first kappa shape index (κ1) is 24.3. The van der Waals surface area contributed by atoms with Crippen LogP contribution in [0, 0.1) is 5.82 Å². The van der Waals surface area contributed by atoms with Crippen molar-refractivity contribution in [2.45, 2.75) is 70.3 Å². The van der Waals surface area contributed by atoms with Gasteiger partial charge in [0.2, 0.25) is 5.91 Å². The summed E-state index contributed by atoms with van der Waals surface area (Å²) in [6.07, 6.45) is 3.03. The summed E-state index contributed by atoms with van der Waals surface area (Å²) in [6, 6.07) is 6.23. The maximum atomic E-state index is 15.1. The molecule has 2 aromatic carbocycles. The number of fused-ring (bicyclic) bond motifs is 3. The molecule has 0 saturated heterocycles. The number of halogens is 1. The number of anilines is 1. The van der Waals surface area contributed by atoms with Crippen LogP contribution in [0.5, 0.6) is 5.75 Å². The molecule has 1 atom stereocenters. The molecule has 2 amide bonds. The molecule has 0 bridgehead atoms. The molecule has 1 aliphatic carbocycles. The number of nitrogens with zero attached hydrogens (tertiary/aromatic N) is 1. The lowest BCUT2D eigenvalue weighted by atomic mass is 9.86. The number of nitrogens with one attached hydrogen (secondary N) is 1. The molecule has 2 aliphatic heterocycles. The van der Waals surface area contributed by atoms with Gasteiger partial charge in [0.15, 0.2) is 0 Å². The summed E-state index contributed by atoms with van der Waals surface area (Å²) in [5.41, 5.74) is 4.43. The molecule has 2 N–H and O–H groups in total. The third-order valence-corrected chi connectivity index (χ3v) is 7.67. The predicted molar refractivity (Wildman–Crippen MR) is 132 cm³/mol. The van der Waals surface area contributed by atoms with Crippen molar-refractivity contribution in [2.24, 2.45) is 0 Å². The van der Waals surface area contributed by atoms with Crippen LogP contribution in [0.2, 0.25) is 0 Å². The van der Waals surface area contributed by atoms with Crippen LogP contribution >= 0.6 is 0 Å². The number of aryl methyl sites for hydroxylation is 1. The number of aliphatic carboxylic acids is 1. The second kappa shape index (κ2) is 9.22. The van der Waals surface area contributed by atoms with Gasteiger partial charge in [-0.1, -0.05) is 13.8 Å². The molecule has 2 heterocycles. The van der Waals surface area contributed by atoms with Gasteiger partial charge in [0.1, 0.15) is 17.6 Å². The first-order chi connectivity index (χ1) is 17.1. The van der Waals surface area contributed by atoms with Gasteiger partial charge in [0.05, 0.1) is 6.61 Å². The first-order valence-corrected chi connectivity index (χ1v) is 12.6. The van der Waals surface area contributed by atoms with Gasteiger partial charge in [-0.3, -0.25) is 14.4 Å². The second-order valence-corrected chi connectivity index (χ2v) is 10.6. The zero-order valence-corrected chi connectivity index (χ0v) is 20.7. The minimum Gasteiger partial charge on any atom is -0.493 e. The lowest BCUT2D eigenvalue weighted by Gasteiger charge is -2.37. The molecule has 0 unspecified atom stereocenters. The van der Waals surface area contributed by atoms with E-state index in [0.717, 1.165) is 47.3 Å². The Balaban J connectivity index is 1.46.